The molecule has 1 aliphatic rings. The first-order valence-corrected chi connectivity index (χ1v) is 4.05. The number of nitrogens with zero attached hydrogens (tertiary/aromatic N) is 2. The van der Waals surface area contributed by atoms with E-state index in [-0.39, 0.29) is 13.0 Å². The minimum Gasteiger partial charge on any atom is -0.453 e. The first-order valence-electron chi connectivity index (χ1n) is 4.05. The first-order chi connectivity index (χ1) is 6.19. The van der Waals surface area contributed by atoms with Crippen LogP contribution in [0, 0.1) is 17.2 Å². The van der Waals surface area contributed by atoms with Gasteiger partial charge >= 0.3 is 6.09 Å². The summed E-state index contributed by atoms with van der Waals surface area (Å²) in [5, 5.41) is 8.56. The van der Waals surface area contributed by atoms with E-state index >= 15 is 0 Å². The summed E-state index contributed by atoms with van der Waals surface area (Å²) in [4.78, 5) is 12.4. The molecule has 0 aromatic rings. The van der Waals surface area contributed by atoms with Crippen LogP contribution in [-0.4, -0.2) is 37.4 Å². The van der Waals surface area contributed by atoms with Gasteiger partial charge in [-0.1, -0.05) is 0 Å². The van der Waals surface area contributed by atoms with Gasteiger partial charge in [-0.05, 0) is 6.42 Å². The number of methoxy groups -OCH3 is 1. The highest BCUT2D eigenvalue weighted by Crippen LogP contribution is 2.19. The summed E-state index contributed by atoms with van der Waals surface area (Å²) in [6, 6.07) is 1.84. The van der Waals surface area contributed by atoms with Gasteiger partial charge in [0.2, 0.25) is 0 Å². The van der Waals surface area contributed by atoms with Gasteiger partial charge < -0.3 is 9.64 Å². The molecule has 0 saturated carbocycles. The maximum Gasteiger partial charge on any atom is 0.409 e. The predicted molar refractivity (Wildman–Crippen MR) is 42.6 cm³/mol. The zero-order valence-electron chi connectivity index (χ0n) is 7.36. The molecule has 13 heavy (non-hydrogen) atoms. The molecule has 0 spiro atoms. The normalized spacial score (nSPS) is 27.9. The van der Waals surface area contributed by atoms with Crippen molar-refractivity contribution in [3.05, 3.63) is 0 Å². The lowest BCUT2D eigenvalue weighted by Gasteiger charge is -2.30. The van der Waals surface area contributed by atoms with E-state index in [0.29, 0.717) is 6.54 Å². The fraction of sp³-hybridized carbons (Fsp3) is 0.750. The van der Waals surface area contributed by atoms with Gasteiger partial charge in [0.25, 0.3) is 0 Å². The maximum absolute atomic E-state index is 13.0. The van der Waals surface area contributed by atoms with E-state index in [2.05, 4.69) is 4.74 Å². The van der Waals surface area contributed by atoms with Crippen molar-refractivity contribution in [2.75, 3.05) is 20.2 Å². The lowest BCUT2D eigenvalue weighted by Crippen LogP contribution is -2.44. The largest absolute Gasteiger partial charge is 0.453 e. The van der Waals surface area contributed by atoms with Gasteiger partial charge in [-0.15, -0.1) is 0 Å². The zero-order valence-corrected chi connectivity index (χ0v) is 7.36. The van der Waals surface area contributed by atoms with Crippen LogP contribution in [0.5, 0.6) is 0 Å². The van der Waals surface area contributed by atoms with Gasteiger partial charge in [-0.25, -0.2) is 9.18 Å². The summed E-state index contributed by atoms with van der Waals surface area (Å²) >= 11 is 0. The van der Waals surface area contributed by atoms with Crippen LogP contribution in [0.1, 0.15) is 6.42 Å². The summed E-state index contributed by atoms with van der Waals surface area (Å²) in [5.41, 5.74) is 0. The molecule has 4 nitrogen and oxygen atoms in total. The highest BCUT2D eigenvalue weighted by atomic mass is 19.1. The SMILES string of the molecule is COC(=O)N1CC[C@H](F)[C@H](C#N)C1. The fourth-order valence-corrected chi connectivity index (χ4v) is 1.34. The average molecular weight is 186 g/mol. The monoisotopic (exact) mass is 186 g/mol. The molecule has 2 atom stereocenters. The number of rotatable bonds is 0. The van der Waals surface area contributed by atoms with Crippen molar-refractivity contribution in [3.8, 4) is 6.07 Å². The van der Waals surface area contributed by atoms with E-state index in [1.165, 1.54) is 12.0 Å². The molecule has 0 aliphatic carbocycles. The Hall–Kier alpha value is -1.31. The number of likely N-dealkylation sites (tertiary alicyclic amines) is 1. The Morgan fingerprint density at radius 2 is 2.46 bits per heavy atom. The minimum atomic E-state index is -1.12. The number of piperidine rings is 1. The number of alkyl halides is 1. The van der Waals surface area contributed by atoms with Crippen molar-refractivity contribution in [1.29, 1.82) is 5.26 Å². The predicted octanol–water partition coefficient (Wildman–Crippen LogP) is 0.936. The average Bonchev–Trinajstić information content (AvgIpc) is 2.17. The summed E-state index contributed by atoms with van der Waals surface area (Å²) in [7, 11) is 1.27. The third-order valence-electron chi connectivity index (χ3n) is 2.13. The van der Waals surface area contributed by atoms with Crippen LogP contribution in [0.15, 0.2) is 0 Å². The molecular formula is C8H11FN2O2. The van der Waals surface area contributed by atoms with Crippen LogP contribution in [0.2, 0.25) is 0 Å². The molecule has 0 N–H and O–H groups in total. The Labute approximate surface area is 75.9 Å². The second-order valence-electron chi connectivity index (χ2n) is 2.96. The molecule has 1 saturated heterocycles. The molecule has 1 heterocycles. The standard InChI is InChI=1S/C8H11FN2O2/c1-13-8(12)11-3-2-7(9)6(4-10)5-11/h6-7H,2-3,5H2,1H3/t6-,7+/m1/s1. The molecule has 72 valence electrons. The Morgan fingerprint density at radius 1 is 1.77 bits per heavy atom. The van der Waals surface area contributed by atoms with Gasteiger partial charge in [0, 0.05) is 13.1 Å². The minimum absolute atomic E-state index is 0.129. The third kappa shape index (κ3) is 2.08. The molecule has 1 amide bonds. The molecule has 1 fully saturated rings. The maximum atomic E-state index is 13.0. The smallest absolute Gasteiger partial charge is 0.409 e. The van der Waals surface area contributed by atoms with Crippen molar-refractivity contribution in [3.63, 3.8) is 0 Å². The molecule has 5 heteroatoms. The van der Waals surface area contributed by atoms with Gasteiger partial charge in [0.15, 0.2) is 0 Å². The summed E-state index contributed by atoms with van der Waals surface area (Å²) < 4.78 is 17.5. The first kappa shape index (κ1) is 9.78. The number of amides is 1. The number of hydrogen-bond donors (Lipinski definition) is 0. The van der Waals surface area contributed by atoms with E-state index < -0.39 is 18.2 Å². The highest BCUT2D eigenvalue weighted by Gasteiger charge is 2.31. The summed E-state index contributed by atoms with van der Waals surface area (Å²) in [6.45, 7) is 0.455. The molecule has 0 aromatic heterocycles. The van der Waals surface area contributed by atoms with E-state index in [0.717, 1.165) is 0 Å². The number of carbonyl (C=O) groups excluding carboxylic acids is 1. The van der Waals surface area contributed by atoms with Crippen LogP contribution < -0.4 is 0 Å². The molecule has 1 aliphatic heterocycles. The fourth-order valence-electron chi connectivity index (χ4n) is 1.34. The van der Waals surface area contributed by atoms with E-state index in [9.17, 15) is 9.18 Å². The van der Waals surface area contributed by atoms with Crippen LogP contribution in [0.25, 0.3) is 0 Å². The second-order valence-corrected chi connectivity index (χ2v) is 2.96. The number of nitriles is 1. The highest BCUT2D eigenvalue weighted by molar-refractivity contribution is 5.67. The zero-order chi connectivity index (χ0) is 9.84. The molecule has 0 aromatic carbocycles. The van der Waals surface area contributed by atoms with Crippen molar-refractivity contribution in [2.24, 2.45) is 5.92 Å². The number of halogens is 1. The van der Waals surface area contributed by atoms with Crippen molar-refractivity contribution >= 4 is 6.09 Å². The Kier molecular flexibility index (Phi) is 3.07. The Bertz CT molecular complexity index is 239. The molecule has 0 unspecified atom stereocenters. The third-order valence-corrected chi connectivity index (χ3v) is 2.13. The van der Waals surface area contributed by atoms with Crippen LogP contribution in [0.4, 0.5) is 9.18 Å². The van der Waals surface area contributed by atoms with Gasteiger partial charge in [0.1, 0.15) is 6.17 Å². The lowest BCUT2D eigenvalue weighted by molar-refractivity contribution is 0.0832. The molecule has 1 rings (SSSR count). The summed E-state index contributed by atoms with van der Waals surface area (Å²) in [6.07, 6.45) is -1.40. The quantitative estimate of drug-likeness (QED) is 0.565. The second kappa shape index (κ2) is 4.08. The van der Waals surface area contributed by atoms with E-state index in [1.54, 1.807) is 0 Å². The molecule has 0 bridgehead atoms. The number of carbonyl (C=O) groups is 1. The van der Waals surface area contributed by atoms with Crippen LogP contribution in [0.3, 0.4) is 0 Å². The summed E-state index contributed by atoms with van der Waals surface area (Å²) in [5.74, 6) is -0.715. The Morgan fingerprint density at radius 3 is 3.00 bits per heavy atom. The number of hydrogen-bond acceptors (Lipinski definition) is 3. The van der Waals surface area contributed by atoms with Crippen molar-refractivity contribution in [2.45, 2.75) is 12.6 Å². The topological polar surface area (TPSA) is 53.3 Å². The van der Waals surface area contributed by atoms with Gasteiger partial charge in [-0.2, -0.15) is 5.26 Å². The van der Waals surface area contributed by atoms with E-state index in [4.69, 9.17) is 5.26 Å². The van der Waals surface area contributed by atoms with Gasteiger partial charge in [-0.3, -0.25) is 0 Å². The lowest BCUT2D eigenvalue weighted by atomic mass is 9.98. The van der Waals surface area contributed by atoms with Crippen molar-refractivity contribution < 1.29 is 13.9 Å². The van der Waals surface area contributed by atoms with Crippen LogP contribution in [-0.2, 0) is 4.74 Å². The van der Waals surface area contributed by atoms with E-state index in [1.807, 2.05) is 6.07 Å². The van der Waals surface area contributed by atoms with Crippen LogP contribution >= 0.6 is 0 Å². The number of ether oxygens (including phenoxy) is 1. The Balaban J connectivity index is 2.55. The molecule has 0 radical (unpaired) electrons. The molecular weight excluding hydrogens is 175 g/mol. The van der Waals surface area contributed by atoms with Gasteiger partial charge in [0.05, 0.1) is 19.1 Å². The van der Waals surface area contributed by atoms with Crippen molar-refractivity contribution in [1.82, 2.24) is 4.90 Å².